The monoisotopic (exact) mass is 269 g/mol. The van der Waals surface area contributed by atoms with Crippen LogP contribution < -0.4 is 5.32 Å². The Labute approximate surface area is 114 Å². The van der Waals surface area contributed by atoms with Gasteiger partial charge in [0.2, 0.25) is 0 Å². The van der Waals surface area contributed by atoms with E-state index < -0.39 is 17.7 Å². The van der Waals surface area contributed by atoms with Crippen LogP contribution in [0.3, 0.4) is 0 Å². The summed E-state index contributed by atoms with van der Waals surface area (Å²) in [6.45, 7) is 12.7. The third-order valence-electron chi connectivity index (χ3n) is 1.69. The lowest BCUT2D eigenvalue weighted by Crippen LogP contribution is -2.32. The number of amides is 1. The van der Waals surface area contributed by atoms with Crippen LogP contribution >= 0.6 is 0 Å². The second kappa shape index (κ2) is 7.61. The van der Waals surface area contributed by atoms with Gasteiger partial charge in [-0.05, 0) is 34.6 Å². The van der Waals surface area contributed by atoms with Gasteiger partial charge in [0.25, 0.3) is 0 Å². The normalized spacial score (nSPS) is 11.5. The second-order valence-electron chi connectivity index (χ2n) is 5.26. The van der Waals surface area contributed by atoms with Gasteiger partial charge in [-0.2, -0.15) is 0 Å². The molecule has 0 fully saturated rings. The average molecular weight is 269 g/mol. The van der Waals surface area contributed by atoms with Crippen LogP contribution in [0.15, 0.2) is 24.3 Å². The van der Waals surface area contributed by atoms with Gasteiger partial charge in [0.15, 0.2) is 0 Å². The molecule has 0 bridgehead atoms. The highest BCUT2D eigenvalue weighted by molar-refractivity contribution is 5.90. The Morgan fingerprint density at radius 3 is 2.37 bits per heavy atom. The molecule has 0 saturated carbocycles. The van der Waals surface area contributed by atoms with E-state index in [4.69, 9.17) is 9.47 Å². The smallest absolute Gasteiger partial charge is 0.407 e. The molecular formula is C14H23NO4. The summed E-state index contributed by atoms with van der Waals surface area (Å²) in [6, 6.07) is 0. The van der Waals surface area contributed by atoms with Crippen molar-refractivity contribution in [2.24, 2.45) is 0 Å². The summed E-state index contributed by atoms with van der Waals surface area (Å²) in [5, 5.41) is 2.53. The minimum Gasteiger partial charge on any atom is -0.459 e. The van der Waals surface area contributed by atoms with Gasteiger partial charge in [-0.25, -0.2) is 9.59 Å². The summed E-state index contributed by atoms with van der Waals surface area (Å²) < 4.78 is 10.0. The molecular weight excluding hydrogens is 246 g/mol. The van der Waals surface area contributed by atoms with Crippen molar-refractivity contribution in [1.29, 1.82) is 0 Å². The summed E-state index contributed by atoms with van der Waals surface area (Å²) in [4.78, 5) is 22.7. The maximum absolute atomic E-state index is 11.4. The third-order valence-corrected chi connectivity index (χ3v) is 1.69. The molecule has 0 aliphatic carbocycles. The van der Waals surface area contributed by atoms with Crippen LogP contribution in [0.2, 0.25) is 0 Å². The van der Waals surface area contributed by atoms with Gasteiger partial charge in [-0.15, -0.1) is 0 Å². The standard InChI is InChI=1S/C14H23NO4/c1-10(2)18-12(16)11(3)8-7-9-15-13(17)19-14(4,5)6/h7-8,10H,3,9H2,1-2,4-6H3,(H,15,17)/b8-7-. The largest absolute Gasteiger partial charge is 0.459 e. The topological polar surface area (TPSA) is 64.6 Å². The molecule has 0 rings (SSSR count). The first-order valence-corrected chi connectivity index (χ1v) is 6.15. The van der Waals surface area contributed by atoms with Gasteiger partial charge < -0.3 is 14.8 Å². The molecule has 0 saturated heterocycles. The maximum Gasteiger partial charge on any atom is 0.407 e. The lowest BCUT2D eigenvalue weighted by atomic mass is 10.2. The van der Waals surface area contributed by atoms with Gasteiger partial charge >= 0.3 is 12.1 Å². The van der Waals surface area contributed by atoms with E-state index in [2.05, 4.69) is 11.9 Å². The molecule has 0 heterocycles. The van der Waals surface area contributed by atoms with E-state index in [0.29, 0.717) is 0 Å². The highest BCUT2D eigenvalue weighted by Gasteiger charge is 2.15. The van der Waals surface area contributed by atoms with E-state index in [-0.39, 0.29) is 18.2 Å². The van der Waals surface area contributed by atoms with Gasteiger partial charge in [-0.3, -0.25) is 0 Å². The van der Waals surface area contributed by atoms with Crippen molar-refractivity contribution in [3.63, 3.8) is 0 Å². The Kier molecular flexibility index (Phi) is 6.90. The Balaban J connectivity index is 4.01. The molecule has 5 heteroatoms. The van der Waals surface area contributed by atoms with Crippen LogP contribution in [0.5, 0.6) is 0 Å². The molecule has 0 aliphatic rings. The number of ether oxygens (including phenoxy) is 2. The third kappa shape index (κ3) is 9.88. The van der Waals surface area contributed by atoms with Crippen LogP contribution in [0.4, 0.5) is 4.79 Å². The van der Waals surface area contributed by atoms with Crippen LogP contribution in [-0.4, -0.2) is 30.3 Å². The Hall–Kier alpha value is -1.78. The molecule has 0 spiro atoms. The number of hydrogen-bond acceptors (Lipinski definition) is 4. The van der Waals surface area contributed by atoms with Crippen LogP contribution in [0.25, 0.3) is 0 Å². The zero-order valence-corrected chi connectivity index (χ0v) is 12.3. The van der Waals surface area contributed by atoms with E-state index >= 15 is 0 Å². The highest BCUT2D eigenvalue weighted by atomic mass is 16.6. The first kappa shape index (κ1) is 17.2. The number of hydrogen-bond donors (Lipinski definition) is 1. The molecule has 0 radical (unpaired) electrons. The summed E-state index contributed by atoms with van der Waals surface area (Å²) in [5.74, 6) is -0.469. The molecule has 0 aromatic heterocycles. The number of esters is 1. The lowest BCUT2D eigenvalue weighted by Gasteiger charge is -2.19. The Morgan fingerprint density at radius 2 is 1.89 bits per heavy atom. The van der Waals surface area contributed by atoms with Crippen molar-refractivity contribution < 1.29 is 19.1 Å². The molecule has 19 heavy (non-hydrogen) atoms. The summed E-state index contributed by atoms with van der Waals surface area (Å²) in [7, 11) is 0. The molecule has 1 N–H and O–H groups in total. The maximum atomic E-state index is 11.4. The Bertz CT molecular complexity index is 364. The molecule has 0 aromatic rings. The fourth-order valence-electron chi connectivity index (χ4n) is 1.02. The summed E-state index contributed by atoms with van der Waals surface area (Å²) in [6.07, 6.45) is 2.42. The zero-order valence-electron chi connectivity index (χ0n) is 12.3. The molecule has 108 valence electrons. The SMILES string of the molecule is C=C(/C=C\CNC(=O)OC(C)(C)C)C(=O)OC(C)C. The average Bonchev–Trinajstić information content (AvgIpc) is 2.20. The van der Waals surface area contributed by atoms with Crippen LogP contribution in [0, 0.1) is 0 Å². The zero-order chi connectivity index (χ0) is 15.1. The first-order valence-electron chi connectivity index (χ1n) is 6.15. The number of alkyl carbamates (subject to hydrolysis) is 1. The lowest BCUT2D eigenvalue weighted by molar-refractivity contribution is -0.142. The van der Waals surface area contributed by atoms with Crippen molar-refractivity contribution in [1.82, 2.24) is 5.32 Å². The van der Waals surface area contributed by atoms with E-state index in [1.54, 1.807) is 40.7 Å². The number of nitrogens with one attached hydrogen (secondary N) is 1. The number of carbonyl (C=O) groups is 2. The van der Waals surface area contributed by atoms with E-state index in [0.717, 1.165) is 0 Å². The van der Waals surface area contributed by atoms with Crippen LogP contribution in [-0.2, 0) is 14.3 Å². The van der Waals surface area contributed by atoms with Crippen molar-refractivity contribution in [3.05, 3.63) is 24.3 Å². The van der Waals surface area contributed by atoms with Gasteiger partial charge in [-0.1, -0.05) is 18.7 Å². The molecule has 0 unspecified atom stereocenters. The van der Waals surface area contributed by atoms with Crippen molar-refractivity contribution in [2.45, 2.75) is 46.3 Å². The van der Waals surface area contributed by atoms with E-state index in [1.165, 1.54) is 6.08 Å². The minimum absolute atomic E-state index is 0.183. The van der Waals surface area contributed by atoms with Gasteiger partial charge in [0.1, 0.15) is 5.60 Å². The molecule has 0 aliphatic heterocycles. The van der Waals surface area contributed by atoms with E-state index in [9.17, 15) is 9.59 Å². The number of carbonyl (C=O) groups excluding carboxylic acids is 2. The highest BCUT2D eigenvalue weighted by Crippen LogP contribution is 2.06. The fourth-order valence-corrected chi connectivity index (χ4v) is 1.02. The van der Waals surface area contributed by atoms with Gasteiger partial charge in [0, 0.05) is 6.54 Å². The van der Waals surface area contributed by atoms with E-state index in [1.807, 2.05) is 0 Å². The fraction of sp³-hybridized carbons (Fsp3) is 0.571. The summed E-state index contributed by atoms with van der Waals surface area (Å²) in [5.41, 5.74) is -0.293. The summed E-state index contributed by atoms with van der Waals surface area (Å²) >= 11 is 0. The Morgan fingerprint density at radius 1 is 1.32 bits per heavy atom. The van der Waals surface area contributed by atoms with Crippen molar-refractivity contribution in [3.8, 4) is 0 Å². The van der Waals surface area contributed by atoms with Crippen LogP contribution in [0.1, 0.15) is 34.6 Å². The quantitative estimate of drug-likeness (QED) is 0.473. The minimum atomic E-state index is -0.529. The van der Waals surface area contributed by atoms with Crippen molar-refractivity contribution in [2.75, 3.05) is 6.54 Å². The molecule has 5 nitrogen and oxygen atoms in total. The predicted molar refractivity (Wildman–Crippen MR) is 73.7 cm³/mol. The second-order valence-corrected chi connectivity index (χ2v) is 5.26. The first-order chi connectivity index (χ1) is 8.61. The molecule has 1 amide bonds. The van der Waals surface area contributed by atoms with Crippen molar-refractivity contribution >= 4 is 12.1 Å². The predicted octanol–water partition coefficient (Wildman–Crippen LogP) is 2.58. The molecule has 0 aromatic carbocycles. The molecule has 0 atom stereocenters. The van der Waals surface area contributed by atoms with Gasteiger partial charge in [0.05, 0.1) is 11.7 Å². The number of rotatable bonds is 5.